The minimum absolute atomic E-state index is 0.327. The highest BCUT2D eigenvalue weighted by Crippen LogP contribution is 2.36. The molecule has 1 radical (unpaired) electrons. The van der Waals surface area contributed by atoms with E-state index in [1.165, 1.54) is 5.06 Å². The number of hydroxylamine groups is 2. The molecule has 1 aliphatic heterocycles. The lowest BCUT2D eigenvalue weighted by Gasteiger charge is -2.50. The first-order chi connectivity index (χ1) is 9.81. The first kappa shape index (κ1) is 16.0. The Morgan fingerprint density at radius 3 is 2.29 bits per heavy atom. The van der Waals surface area contributed by atoms with Gasteiger partial charge in [-0.25, -0.2) is 0 Å². The van der Waals surface area contributed by atoms with Crippen LogP contribution in [0.15, 0.2) is 30.3 Å². The summed E-state index contributed by atoms with van der Waals surface area (Å²) < 4.78 is 0. The second-order valence-electron chi connectivity index (χ2n) is 7.07. The first-order valence-electron chi connectivity index (χ1n) is 7.56. The van der Waals surface area contributed by atoms with Gasteiger partial charge >= 0.3 is 0 Å². The highest BCUT2D eigenvalue weighted by Gasteiger charge is 2.45. The third-order valence-corrected chi connectivity index (χ3v) is 4.08. The molecule has 1 aromatic carbocycles. The number of hydrogen-bond donors (Lipinski definition) is 1. The number of hydrogen-bond acceptors (Lipinski definition) is 2. The van der Waals surface area contributed by atoms with E-state index < -0.39 is 0 Å². The second-order valence-corrected chi connectivity index (χ2v) is 7.07. The third-order valence-electron chi connectivity index (χ3n) is 4.08. The lowest BCUT2D eigenvalue weighted by Crippen LogP contribution is -2.61. The van der Waals surface area contributed by atoms with Crippen molar-refractivity contribution in [1.82, 2.24) is 10.4 Å². The largest absolute Gasteiger partial charge is 0.303 e. The molecule has 0 aromatic heterocycles. The van der Waals surface area contributed by atoms with Crippen molar-refractivity contribution < 1.29 is 5.21 Å². The van der Waals surface area contributed by atoms with E-state index in [2.05, 4.69) is 17.2 Å². The minimum Gasteiger partial charge on any atom is -0.303 e. The van der Waals surface area contributed by atoms with Crippen LogP contribution in [0.1, 0.15) is 46.1 Å². The van der Waals surface area contributed by atoms with E-state index in [0.29, 0.717) is 12.6 Å². The Bertz CT molecular complexity index is 507. The predicted octanol–water partition coefficient (Wildman–Crippen LogP) is 2.99. The Labute approximate surface area is 128 Å². The van der Waals surface area contributed by atoms with Crippen LogP contribution in [0.2, 0.25) is 0 Å². The molecule has 0 aliphatic carbocycles. The Kier molecular flexibility index (Phi) is 4.73. The van der Waals surface area contributed by atoms with Gasteiger partial charge in [-0.2, -0.15) is 0 Å². The first-order valence-corrected chi connectivity index (χ1v) is 7.56. The van der Waals surface area contributed by atoms with Gasteiger partial charge < -0.3 is 5.32 Å². The molecule has 0 atom stereocenters. The van der Waals surface area contributed by atoms with Crippen LogP contribution in [0.3, 0.4) is 0 Å². The van der Waals surface area contributed by atoms with Gasteiger partial charge in [0.25, 0.3) is 0 Å². The van der Waals surface area contributed by atoms with Crippen LogP contribution in [0.4, 0.5) is 0 Å². The number of nitrogens with one attached hydrogen (secondary N) is 1. The monoisotopic (exact) mass is 285 g/mol. The Hall–Kier alpha value is -1.34. The van der Waals surface area contributed by atoms with Crippen molar-refractivity contribution in [2.24, 2.45) is 0 Å². The Balaban J connectivity index is 1.91. The smallest absolute Gasteiger partial charge is 0.0582 e. The van der Waals surface area contributed by atoms with Crippen molar-refractivity contribution in [3.8, 4) is 11.8 Å². The standard InChI is InChI=1S/C18H25N2O/c1-17(2)13-16(14-18(3,4)20(17)21)19-12-8-11-15-9-6-5-7-10-15/h5-7,9-10,16,19H,12-14H2,1-4H3. The van der Waals surface area contributed by atoms with Crippen molar-refractivity contribution in [1.29, 1.82) is 0 Å². The molecule has 1 aliphatic rings. The van der Waals surface area contributed by atoms with Crippen LogP contribution >= 0.6 is 0 Å². The average Bonchev–Trinajstić information content (AvgIpc) is 2.42. The minimum atomic E-state index is -0.327. The number of benzene rings is 1. The van der Waals surface area contributed by atoms with Crippen LogP contribution in [-0.4, -0.2) is 28.7 Å². The zero-order valence-electron chi connectivity index (χ0n) is 13.4. The highest BCUT2D eigenvalue weighted by atomic mass is 16.5. The maximum atomic E-state index is 12.3. The van der Waals surface area contributed by atoms with E-state index in [1.54, 1.807) is 0 Å². The van der Waals surface area contributed by atoms with Crippen LogP contribution in [0.25, 0.3) is 0 Å². The zero-order chi connectivity index (χ0) is 15.5. The molecule has 113 valence electrons. The van der Waals surface area contributed by atoms with Gasteiger partial charge in [-0.15, -0.1) is 10.3 Å². The second kappa shape index (κ2) is 6.19. The lowest BCUT2D eigenvalue weighted by molar-refractivity contribution is -0.290. The van der Waals surface area contributed by atoms with Gasteiger partial charge in [-0.05, 0) is 52.7 Å². The fourth-order valence-electron chi connectivity index (χ4n) is 3.27. The maximum Gasteiger partial charge on any atom is 0.0582 e. The van der Waals surface area contributed by atoms with Crippen LogP contribution in [0, 0.1) is 11.8 Å². The normalized spacial score (nSPS) is 21.6. The van der Waals surface area contributed by atoms with E-state index in [9.17, 15) is 5.21 Å². The Morgan fingerprint density at radius 1 is 1.14 bits per heavy atom. The molecule has 3 heteroatoms. The van der Waals surface area contributed by atoms with Gasteiger partial charge in [0.2, 0.25) is 0 Å². The summed E-state index contributed by atoms with van der Waals surface area (Å²) in [5, 5.41) is 17.0. The van der Waals surface area contributed by atoms with E-state index in [1.807, 2.05) is 58.0 Å². The fraction of sp³-hybridized carbons (Fsp3) is 0.556. The molecular formula is C18H25N2O. The molecule has 21 heavy (non-hydrogen) atoms. The molecule has 1 fully saturated rings. The lowest BCUT2D eigenvalue weighted by atomic mass is 9.79. The molecule has 0 bridgehead atoms. The molecule has 0 amide bonds. The van der Waals surface area contributed by atoms with E-state index in [4.69, 9.17) is 0 Å². The summed E-state index contributed by atoms with van der Waals surface area (Å²) in [5.41, 5.74) is 0.382. The summed E-state index contributed by atoms with van der Waals surface area (Å²) in [4.78, 5) is 0. The summed E-state index contributed by atoms with van der Waals surface area (Å²) in [6.45, 7) is 8.73. The molecule has 0 saturated carbocycles. The molecule has 0 unspecified atom stereocenters. The summed E-state index contributed by atoms with van der Waals surface area (Å²) >= 11 is 0. The highest BCUT2D eigenvalue weighted by molar-refractivity contribution is 5.33. The quantitative estimate of drug-likeness (QED) is 0.848. The number of piperidine rings is 1. The summed E-state index contributed by atoms with van der Waals surface area (Å²) in [6, 6.07) is 10.3. The van der Waals surface area contributed by atoms with Crippen molar-refractivity contribution >= 4 is 0 Å². The molecule has 1 saturated heterocycles. The van der Waals surface area contributed by atoms with Crippen molar-refractivity contribution in [3.05, 3.63) is 35.9 Å². The van der Waals surface area contributed by atoms with E-state index in [-0.39, 0.29) is 11.1 Å². The van der Waals surface area contributed by atoms with Gasteiger partial charge in [0.15, 0.2) is 0 Å². The van der Waals surface area contributed by atoms with Crippen LogP contribution < -0.4 is 5.32 Å². The van der Waals surface area contributed by atoms with Crippen LogP contribution in [0.5, 0.6) is 0 Å². The molecule has 1 N–H and O–H groups in total. The molecule has 3 nitrogen and oxygen atoms in total. The molecule has 0 spiro atoms. The predicted molar refractivity (Wildman–Crippen MR) is 85.0 cm³/mol. The molecular weight excluding hydrogens is 260 g/mol. The summed E-state index contributed by atoms with van der Waals surface area (Å²) in [7, 11) is 0. The fourth-order valence-corrected chi connectivity index (χ4v) is 3.27. The topological polar surface area (TPSA) is 35.2 Å². The molecule has 1 aromatic rings. The third kappa shape index (κ3) is 4.07. The number of nitrogens with zero attached hydrogens (tertiary/aromatic N) is 1. The summed E-state index contributed by atoms with van der Waals surface area (Å²) in [5.74, 6) is 6.31. The van der Waals surface area contributed by atoms with Crippen molar-refractivity contribution in [3.63, 3.8) is 0 Å². The van der Waals surface area contributed by atoms with Gasteiger partial charge in [0.1, 0.15) is 0 Å². The van der Waals surface area contributed by atoms with E-state index in [0.717, 1.165) is 18.4 Å². The van der Waals surface area contributed by atoms with Crippen molar-refractivity contribution in [2.45, 2.75) is 57.7 Å². The van der Waals surface area contributed by atoms with E-state index >= 15 is 0 Å². The molecule has 2 rings (SSSR count). The van der Waals surface area contributed by atoms with Crippen LogP contribution in [-0.2, 0) is 5.21 Å². The SMILES string of the molecule is CC1(C)CC(NCC#Cc2ccccc2)CC(C)(C)N1[O]. The van der Waals surface area contributed by atoms with Gasteiger partial charge in [-0.3, -0.25) is 0 Å². The average molecular weight is 285 g/mol. The maximum absolute atomic E-state index is 12.3. The van der Waals surface area contributed by atoms with Gasteiger partial charge in [0.05, 0.1) is 6.54 Å². The zero-order valence-corrected chi connectivity index (χ0v) is 13.4. The van der Waals surface area contributed by atoms with Crippen molar-refractivity contribution in [2.75, 3.05) is 6.54 Å². The summed E-state index contributed by atoms with van der Waals surface area (Å²) in [6.07, 6.45) is 1.71. The number of rotatable bonds is 2. The van der Waals surface area contributed by atoms with Gasteiger partial charge in [0, 0.05) is 22.7 Å². The Morgan fingerprint density at radius 2 is 1.71 bits per heavy atom. The van der Waals surface area contributed by atoms with Gasteiger partial charge in [-0.1, -0.05) is 30.0 Å². The molecule has 1 heterocycles.